The third-order valence-electron chi connectivity index (χ3n) is 3.00. The van der Waals surface area contributed by atoms with Crippen molar-refractivity contribution in [2.45, 2.75) is 101 Å². The Bertz CT molecular complexity index is 148. The van der Waals surface area contributed by atoms with E-state index in [1.54, 1.807) is 0 Å². The van der Waals surface area contributed by atoms with Crippen LogP contribution in [0.5, 0.6) is 0 Å². The predicted octanol–water partition coefficient (Wildman–Crippen LogP) is 6.66. The maximum absolute atomic E-state index is 2.35. The van der Waals surface area contributed by atoms with Crippen LogP contribution in [0.25, 0.3) is 0 Å². The van der Waals surface area contributed by atoms with Crippen LogP contribution in [0, 0.1) is 0 Å². The van der Waals surface area contributed by atoms with Gasteiger partial charge in [0.25, 0.3) is 0 Å². The van der Waals surface area contributed by atoms with E-state index in [9.17, 15) is 0 Å². The van der Waals surface area contributed by atoms with Crippen LogP contribution in [0.2, 0.25) is 59.3 Å². The monoisotopic (exact) mass is 438 g/mol. The molecule has 0 N–H and O–H groups in total. The van der Waals surface area contributed by atoms with Crippen molar-refractivity contribution >= 4 is 48.5 Å². The van der Waals surface area contributed by atoms with Crippen LogP contribution in [-0.2, 0) is 0 Å². The molecule has 0 spiro atoms. The first-order valence-corrected chi connectivity index (χ1v) is 20.9. The van der Waals surface area contributed by atoms with Gasteiger partial charge in [-0.25, -0.2) is 0 Å². The molecule has 0 aliphatic rings. The first kappa shape index (κ1) is 29.5. The van der Waals surface area contributed by atoms with Crippen molar-refractivity contribution in [2.24, 2.45) is 0 Å². The summed E-state index contributed by atoms with van der Waals surface area (Å²) < 4.78 is 0. The van der Waals surface area contributed by atoms with Crippen molar-refractivity contribution in [3.05, 3.63) is 0 Å². The molecule has 0 heterocycles. The Labute approximate surface area is 148 Å². The topological polar surface area (TPSA) is 0 Å². The molecule has 0 bridgehead atoms. The van der Waals surface area contributed by atoms with E-state index in [4.69, 9.17) is 0 Å². The second kappa shape index (κ2) is 16.9. The molecule has 0 aromatic carbocycles. The molecule has 0 saturated carbocycles. The fraction of sp³-hybridized carbons (Fsp3) is 1.00. The van der Waals surface area contributed by atoms with Gasteiger partial charge in [0, 0.05) is 17.6 Å². The second-order valence-electron chi connectivity index (χ2n) is 7.50. The molecule has 122 valence electrons. The Kier molecular flexibility index (Phi) is 24.9. The Morgan fingerprint density at radius 1 is 0.500 bits per heavy atom. The molecule has 0 amide bonds. The van der Waals surface area contributed by atoms with Crippen LogP contribution in [-0.4, -0.2) is 48.5 Å². The summed E-state index contributed by atoms with van der Waals surface area (Å²) in [5.74, 6) is 9.00. The van der Waals surface area contributed by atoms with Gasteiger partial charge in [-0.2, -0.15) is 0 Å². The molecule has 4 heteroatoms. The normalized spacial score (nSPS) is 10.8. The quantitative estimate of drug-likeness (QED) is 0.373. The van der Waals surface area contributed by atoms with E-state index >= 15 is 0 Å². The van der Waals surface area contributed by atoms with Crippen LogP contribution < -0.4 is 0 Å². The van der Waals surface area contributed by atoms with E-state index in [-0.39, 0.29) is 17.6 Å². The molecule has 0 nitrogen and oxygen atoms in total. The fourth-order valence-corrected chi connectivity index (χ4v) is 0. The van der Waals surface area contributed by atoms with E-state index in [1.165, 1.54) is 0 Å². The molecule has 0 aromatic rings. The van der Waals surface area contributed by atoms with Crippen molar-refractivity contribution in [2.75, 3.05) is 0 Å². The summed E-state index contributed by atoms with van der Waals surface area (Å²) in [5, 5.41) is 1.20. The molecule has 0 saturated heterocycles. The minimum atomic E-state index is -0.0502. The van der Waals surface area contributed by atoms with E-state index in [2.05, 4.69) is 90.8 Å². The summed E-state index contributed by atoms with van der Waals surface area (Å²) in [6.45, 7) is 23.2. The zero-order valence-electron chi connectivity index (χ0n) is 17.0. The minimum absolute atomic E-state index is 0.0502. The Balaban J connectivity index is -0.0000000927. The average Bonchev–Trinajstić information content (AvgIpc) is 2.17. The van der Waals surface area contributed by atoms with Crippen LogP contribution in [0.1, 0.15) is 41.5 Å². The molecule has 0 fully saturated rings. The summed E-state index contributed by atoms with van der Waals surface area (Å²) in [4.78, 5) is 0. The van der Waals surface area contributed by atoms with Crippen molar-refractivity contribution < 1.29 is 0 Å². The summed E-state index contributed by atoms with van der Waals surface area (Å²) in [6, 6.07) is 0. The molecule has 0 unspecified atom stereocenters. The summed E-state index contributed by atoms with van der Waals surface area (Å²) >= 11 is 1.00. The molecule has 0 aliphatic heterocycles. The molecule has 0 atom stereocenters. The van der Waals surface area contributed by atoms with Crippen LogP contribution in [0.4, 0.5) is 0 Å². The average molecular weight is 436 g/mol. The fourth-order valence-electron chi connectivity index (χ4n) is 0. The van der Waals surface area contributed by atoms with Gasteiger partial charge < -0.3 is 0 Å². The van der Waals surface area contributed by atoms with Crippen LogP contribution >= 0.6 is 0 Å². The van der Waals surface area contributed by atoms with Crippen LogP contribution in [0.15, 0.2) is 0 Å². The van der Waals surface area contributed by atoms with E-state index in [0.717, 1.165) is 0 Å². The molecule has 0 aromatic heterocycles. The first-order chi connectivity index (χ1) is 8.72. The van der Waals surface area contributed by atoms with Gasteiger partial charge in [0.2, 0.25) is 0 Å². The van der Waals surface area contributed by atoms with Gasteiger partial charge in [-0.1, -0.05) is 67.7 Å². The van der Waals surface area contributed by atoms with E-state index in [1.807, 2.05) is 0 Å². The molecule has 0 aliphatic carbocycles. The van der Waals surface area contributed by atoms with Crippen molar-refractivity contribution in [3.8, 4) is 0 Å². The Morgan fingerprint density at radius 2 is 0.550 bits per heavy atom. The molecule has 6 radical (unpaired) electrons. The predicted molar refractivity (Wildman–Crippen MR) is 109 cm³/mol. The zero-order chi connectivity index (χ0) is 17.6. The van der Waals surface area contributed by atoms with E-state index < -0.39 is 0 Å². The van der Waals surface area contributed by atoms with Gasteiger partial charge in [-0.05, 0) is 10.1 Å². The number of rotatable bonds is 0. The van der Waals surface area contributed by atoms with Gasteiger partial charge in [-0.15, -0.1) is 0 Å². The summed E-state index contributed by atoms with van der Waals surface area (Å²) in [6.07, 6.45) is 0. The third-order valence-corrected chi connectivity index (χ3v) is 9.00. The van der Waals surface area contributed by atoms with Crippen LogP contribution in [0.3, 0.4) is 0 Å². The van der Waals surface area contributed by atoms with Gasteiger partial charge in [0.15, 0.2) is 0 Å². The van der Waals surface area contributed by atoms with Gasteiger partial charge >= 0.3 is 53.9 Å². The van der Waals surface area contributed by atoms with Crippen molar-refractivity contribution in [3.63, 3.8) is 0 Å². The zero-order valence-corrected chi connectivity index (χ0v) is 23.2. The van der Waals surface area contributed by atoms with E-state index in [0.29, 0.717) is 40.9 Å². The number of hydrogen-bond acceptors (Lipinski definition) is 0. The molecular weight excluding hydrogens is 394 g/mol. The summed E-state index contributed by atoms with van der Waals surface area (Å²) in [7, 11) is -0.100. The third kappa shape index (κ3) is 36.6. The molecule has 20 heavy (non-hydrogen) atoms. The van der Waals surface area contributed by atoms with Crippen molar-refractivity contribution in [1.82, 2.24) is 0 Å². The number of hydrogen-bond donors (Lipinski definition) is 0. The van der Waals surface area contributed by atoms with Gasteiger partial charge in [-0.3, -0.25) is 0 Å². The Hall–Kier alpha value is 1.52. The SMILES string of the molecule is C[Si](C)C(C)(C)C.C[Si](C)C(C)(C)C.[CH3][Ge][CH3].[CH3][Ge][CH3]. The summed E-state index contributed by atoms with van der Waals surface area (Å²) in [5.41, 5.74) is 0. The maximum atomic E-state index is 2.35. The Morgan fingerprint density at radius 3 is 0.550 bits per heavy atom. The molecule has 0 rings (SSSR count). The molecular formula is C16H42Ge2Si2. The standard InChI is InChI=1S/2C6H15Si.2C2H6Ge/c2*1-6(2,3)7(4)5;2*1-3-2/h2*1-5H3;2*1-2H3. The first-order valence-electron chi connectivity index (χ1n) is 7.50. The van der Waals surface area contributed by atoms with Gasteiger partial charge in [0.1, 0.15) is 0 Å². The van der Waals surface area contributed by atoms with Gasteiger partial charge in [0.05, 0.1) is 0 Å². The van der Waals surface area contributed by atoms with Crippen molar-refractivity contribution in [1.29, 1.82) is 0 Å². The second-order valence-corrected chi connectivity index (χ2v) is 18.7.